The highest BCUT2D eigenvalue weighted by molar-refractivity contribution is 5.76. The lowest BCUT2D eigenvalue weighted by Crippen LogP contribution is -2.35. The van der Waals surface area contributed by atoms with Crippen molar-refractivity contribution in [3.63, 3.8) is 0 Å². The lowest BCUT2D eigenvalue weighted by Gasteiger charge is -2.26. The molecule has 0 N–H and O–H groups in total. The summed E-state index contributed by atoms with van der Waals surface area (Å²) in [5, 5.41) is 0. The number of aryl methyl sites for hydroxylation is 1. The quantitative estimate of drug-likeness (QED) is 0.744. The molecule has 1 heterocycles. The van der Waals surface area contributed by atoms with E-state index in [0.717, 1.165) is 44.5 Å². The standard InChI is InChI=1S/C17H25NO2/c1-2-15-8-10-16(11-9-15)20-14-6-7-17(19)18-12-4-3-5-13-18/h8-11H,2-7,12-14H2,1H3. The first kappa shape index (κ1) is 14.9. The summed E-state index contributed by atoms with van der Waals surface area (Å²) < 4.78 is 5.67. The summed E-state index contributed by atoms with van der Waals surface area (Å²) in [6, 6.07) is 8.19. The van der Waals surface area contributed by atoms with Crippen LogP contribution in [0.5, 0.6) is 5.75 Å². The molecule has 1 aliphatic heterocycles. The zero-order valence-corrected chi connectivity index (χ0v) is 12.4. The van der Waals surface area contributed by atoms with E-state index in [9.17, 15) is 4.79 Å². The Morgan fingerprint density at radius 1 is 1.15 bits per heavy atom. The van der Waals surface area contributed by atoms with E-state index in [1.54, 1.807) is 0 Å². The summed E-state index contributed by atoms with van der Waals surface area (Å²) in [6.45, 7) is 4.64. The number of piperidine rings is 1. The Hall–Kier alpha value is -1.51. The second-order valence-electron chi connectivity index (χ2n) is 5.39. The van der Waals surface area contributed by atoms with Crippen molar-refractivity contribution in [2.75, 3.05) is 19.7 Å². The molecule has 1 fully saturated rings. The molecule has 0 bridgehead atoms. The van der Waals surface area contributed by atoms with Gasteiger partial charge < -0.3 is 9.64 Å². The summed E-state index contributed by atoms with van der Waals surface area (Å²) in [6.07, 6.45) is 6.03. The number of carbonyl (C=O) groups is 1. The smallest absolute Gasteiger partial charge is 0.222 e. The Balaban J connectivity index is 1.64. The van der Waals surface area contributed by atoms with E-state index < -0.39 is 0 Å². The van der Waals surface area contributed by atoms with Gasteiger partial charge in [-0.3, -0.25) is 4.79 Å². The lowest BCUT2D eigenvalue weighted by atomic mass is 10.1. The molecule has 0 spiro atoms. The van der Waals surface area contributed by atoms with Gasteiger partial charge in [0.05, 0.1) is 6.61 Å². The molecule has 1 aromatic carbocycles. The Bertz CT molecular complexity index is 408. The van der Waals surface area contributed by atoms with Gasteiger partial charge in [0.2, 0.25) is 5.91 Å². The average Bonchev–Trinajstić information content (AvgIpc) is 2.53. The molecule has 110 valence electrons. The highest BCUT2D eigenvalue weighted by Crippen LogP contribution is 2.14. The van der Waals surface area contributed by atoms with Crippen LogP contribution in [0.4, 0.5) is 0 Å². The van der Waals surface area contributed by atoms with E-state index in [4.69, 9.17) is 4.74 Å². The molecule has 1 aromatic rings. The van der Waals surface area contributed by atoms with Crippen molar-refractivity contribution in [3.05, 3.63) is 29.8 Å². The summed E-state index contributed by atoms with van der Waals surface area (Å²) >= 11 is 0. The van der Waals surface area contributed by atoms with Gasteiger partial charge in [0.1, 0.15) is 5.75 Å². The third-order valence-corrected chi connectivity index (χ3v) is 3.84. The molecule has 0 aromatic heterocycles. The summed E-state index contributed by atoms with van der Waals surface area (Å²) in [7, 11) is 0. The van der Waals surface area contributed by atoms with Gasteiger partial charge in [-0.05, 0) is 49.8 Å². The number of rotatable bonds is 6. The van der Waals surface area contributed by atoms with Crippen LogP contribution in [0.3, 0.4) is 0 Å². The normalized spacial score (nSPS) is 15.2. The monoisotopic (exact) mass is 275 g/mol. The van der Waals surface area contributed by atoms with Crippen molar-refractivity contribution in [2.24, 2.45) is 0 Å². The average molecular weight is 275 g/mol. The fourth-order valence-corrected chi connectivity index (χ4v) is 2.54. The second kappa shape index (κ2) is 7.93. The molecule has 1 aliphatic rings. The Labute approximate surface area is 121 Å². The summed E-state index contributed by atoms with van der Waals surface area (Å²) in [5.41, 5.74) is 1.32. The van der Waals surface area contributed by atoms with Crippen LogP contribution in [-0.4, -0.2) is 30.5 Å². The molecule has 3 heteroatoms. The number of hydrogen-bond acceptors (Lipinski definition) is 2. The Morgan fingerprint density at radius 2 is 1.85 bits per heavy atom. The van der Waals surface area contributed by atoms with Crippen LogP contribution in [0.2, 0.25) is 0 Å². The van der Waals surface area contributed by atoms with Crippen LogP contribution in [0.15, 0.2) is 24.3 Å². The molecule has 1 amide bonds. The summed E-state index contributed by atoms with van der Waals surface area (Å²) in [5.74, 6) is 1.18. The Kier molecular flexibility index (Phi) is 5.90. The van der Waals surface area contributed by atoms with Crippen molar-refractivity contribution in [1.82, 2.24) is 4.90 Å². The molecule has 20 heavy (non-hydrogen) atoms. The molecule has 0 saturated carbocycles. The molecule has 2 rings (SSSR count). The first-order valence-corrected chi connectivity index (χ1v) is 7.79. The maximum atomic E-state index is 12.0. The number of ether oxygens (including phenoxy) is 1. The van der Waals surface area contributed by atoms with Crippen LogP contribution >= 0.6 is 0 Å². The van der Waals surface area contributed by atoms with Crippen LogP contribution in [0.25, 0.3) is 0 Å². The molecule has 0 aliphatic carbocycles. The van der Waals surface area contributed by atoms with E-state index in [0.29, 0.717) is 13.0 Å². The third kappa shape index (κ3) is 4.55. The van der Waals surface area contributed by atoms with Gasteiger partial charge in [0.25, 0.3) is 0 Å². The minimum atomic E-state index is 0.287. The zero-order chi connectivity index (χ0) is 14.2. The molecule has 3 nitrogen and oxygen atoms in total. The van der Waals surface area contributed by atoms with Gasteiger partial charge in [0, 0.05) is 19.5 Å². The minimum Gasteiger partial charge on any atom is -0.494 e. The molecular weight excluding hydrogens is 250 g/mol. The topological polar surface area (TPSA) is 29.5 Å². The second-order valence-corrected chi connectivity index (χ2v) is 5.39. The van der Waals surface area contributed by atoms with Gasteiger partial charge in [-0.25, -0.2) is 0 Å². The van der Waals surface area contributed by atoms with Crippen LogP contribution in [-0.2, 0) is 11.2 Å². The van der Waals surface area contributed by atoms with Gasteiger partial charge in [-0.2, -0.15) is 0 Å². The molecule has 0 atom stereocenters. The van der Waals surface area contributed by atoms with Crippen LogP contribution < -0.4 is 4.74 Å². The SMILES string of the molecule is CCc1ccc(OCCCC(=O)N2CCCCC2)cc1. The predicted octanol–water partition coefficient (Wildman–Crippen LogP) is 3.42. The fourth-order valence-electron chi connectivity index (χ4n) is 2.54. The number of hydrogen-bond donors (Lipinski definition) is 0. The summed E-state index contributed by atoms with van der Waals surface area (Å²) in [4.78, 5) is 14.0. The lowest BCUT2D eigenvalue weighted by molar-refractivity contribution is -0.132. The van der Waals surface area contributed by atoms with Crippen molar-refractivity contribution in [1.29, 1.82) is 0 Å². The molecule has 1 saturated heterocycles. The number of amides is 1. The predicted molar refractivity (Wildman–Crippen MR) is 81.0 cm³/mol. The van der Waals surface area contributed by atoms with E-state index >= 15 is 0 Å². The third-order valence-electron chi connectivity index (χ3n) is 3.84. The minimum absolute atomic E-state index is 0.287. The highest BCUT2D eigenvalue weighted by atomic mass is 16.5. The first-order valence-electron chi connectivity index (χ1n) is 7.79. The largest absolute Gasteiger partial charge is 0.494 e. The van der Waals surface area contributed by atoms with E-state index in [1.807, 2.05) is 17.0 Å². The van der Waals surface area contributed by atoms with Crippen molar-refractivity contribution >= 4 is 5.91 Å². The van der Waals surface area contributed by atoms with Crippen molar-refractivity contribution < 1.29 is 9.53 Å². The fraction of sp³-hybridized carbons (Fsp3) is 0.588. The van der Waals surface area contributed by atoms with Gasteiger partial charge in [-0.15, -0.1) is 0 Å². The maximum Gasteiger partial charge on any atom is 0.222 e. The van der Waals surface area contributed by atoms with E-state index in [-0.39, 0.29) is 5.91 Å². The number of likely N-dealkylation sites (tertiary alicyclic amines) is 1. The highest BCUT2D eigenvalue weighted by Gasteiger charge is 2.15. The zero-order valence-electron chi connectivity index (χ0n) is 12.4. The molecular formula is C17H25NO2. The van der Waals surface area contributed by atoms with Gasteiger partial charge in [-0.1, -0.05) is 19.1 Å². The maximum absolute atomic E-state index is 12.0. The number of carbonyl (C=O) groups excluding carboxylic acids is 1. The van der Waals surface area contributed by atoms with E-state index in [1.165, 1.54) is 12.0 Å². The van der Waals surface area contributed by atoms with Crippen LogP contribution in [0.1, 0.15) is 44.6 Å². The molecule has 0 radical (unpaired) electrons. The number of benzene rings is 1. The van der Waals surface area contributed by atoms with Crippen molar-refractivity contribution in [3.8, 4) is 5.75 Å². The van der Waals surface area contributed by atoms with E-state index in [2.05, 4.69) is 19.1 Å². The van der Waals surface area contributed by atoms with Crippen molar-refractivity contribution in [2.45, 2.75) is 45.4 Å². The van der Waals surface area contributed by atoms with Gasteiger partial charge in [0.15, 0.2) is 0 Å². The Morgan fingerprint density at radius 3 is 2.50 bits per heavy atom. The number of nitrogens with zero attached hydrogens (tertiary/aromatic N) is 1. The van der Waals surface area contributed by atoms with Gasteiger partial charge >= 0.3 is 0 Å². The van der Waals surface area contributed by atoms with Crippen LogP contribution in [0, 0.1) is 0 Å². The first-order chi connectivity index (χ1) is 9.79. The molecule has 0 unspecified atom stereocenters.